The Morgan fingerprint density at radius 1 is 1.45 bits per heavy atom. The molecule has 2 heterocycles. The van der Waals surface area contributed by atoms with Gasteiger partial charge in [0.2, 0.25) is 5.91 Å². The van der Waals surface area contributed by atoms with Crippen LogP contribution in [-0.4, -0.2) is 21.4 Å². The van der Waals surface area contributed by atoms with E-state index in [0.29, 0.717) is 30.2 Å². The lowest BCUT2D eigenvalue weighted by atomic mass is 10.1. The molecule has 1 aliphatic heterocycles. The summed E-state index contributed by atoms with van der Waals surface area (Å²) >= 11 is 0. The number of fused-ring (bicyclic) bond motifs is 3. The normalized spacial score (nSPS) is 16.6. The van der Waals surface area contributed by atoms with Crippen molar-refractivity contribution in [3.8, 4) is 0 Å². The molecule has 1 atom stereocenters. The first-order valence-corrected chi connectivity index (χ1v) is 7.12. The summed E-state index contributed by atoms with van der Waals surface area (Å²) in [6.45, 7) is 5.38. The number of benzene rings is 1. The molecule has 7 heteroatoms. The number of rotatable bonds is 2. The molecule has 116 valence electrons. The minimum absolute atomic E-state index is 0.173. The van der Waals surface area contributed by atoms with Crippen LogP contribution < -0.4 is 11.1 Å². The molecule has 0 aliphatic carbocycles. The summed E-state index contributed by atoms with van der Waals surface area (Å²) in [6, 6.07) is 1.88. The molecule has 0 radical (unpaired) electrons. The highest BCUT2D eigenvalue weighted by Gasteiger charge is 2.30. The lowest BCUT2D eigenvalue weighted by molar-refractivity contribution is -0.146. The van der Waals surface area contributed by atoms with Gasteiger partial charge in [0, 0.05) is 26.8 Å². The van der Waals surface area contributed by atoms with Gasteiger partial charge in [0.05, 0.1) is 22.4 Å². The van der Waals surface area contributed by atoms with Gasteiger partial charge in [0.25, 0.3) is 0 Å². The van der Waals surface area contributed by atoms with Crippen molar-refractivity contribution in [3.63, 3.8) is 0 Å². The standard InChI is InChI=1S/C15H18N4O3/c1-7-6-10-14(12(16)13(7)17-8(2)20)19-5-4-11(15(19)18-10)22-9(3)21/h6,11H,4-5,16H2,1-3H3,(H,17,20). The van der Waals surface area contributed by atoms with E-state index in [0.717, 1.165) is 16.6 Å². The molecule has 3 N–H and O–H groups in total. The smallest absolute Gasteiger partial charge is 0.303 e. The van der Waals surface area contributed by atoms with Gasteiger partial charge in [-0.2, -0.15) is 0 Å². The number of nitrogens with one attached hydrogen (secondary N) is 1. The minimum atomic E-state index is -0.339. The monoisotopic (exact) mass is 302 g/mol. The molecule has 0 spiro atoms. The van der Waals surface area contributed by atoms with E-state index in [1.54, 1.807) is 0 Å². The first kappa shape index (κ1) is 14.4. The Balaban J connectivity index is 2.15. The van der Waals surface area contributed by atoms with E-state index in [1.165, 1.54) is 13.8 Å². The van der Waals surface area contributed by atoms with Crippen LogP contribution in [0.5, 0.6) is 0 Å². The van der Waals surface area contributed by atoms with Crippen molar-refractivity contribution in [2.45, 2.75) is 39.8 Å². The Morgan fingerprint density at radius 2 is 2.18 bits per heavy atom. The molecule has 1 unspecified atom stereocenters. The maximum Gasteiger partial charge on any atom is 0.303 e. The van der Waals surface area contributed by atoms with Crippen LogP contribution >= 0.6 is 0 Å². The quantitative estimate of drug-likeness (QED) is 0.652. The van der Waals surface area contributed by atoms with Gasteiger partial charge >= 0.3 is 5.97 Å². The number of aromatic nitrogens is 2. The molecule has 2 aromatic rings. The van der Waals surface area contributed by atoms with Crippen molar-refractivity contribution >= 4 is 34.3 Å². The third-order valence-corrected chi connectivity index (χ3v) is 3.81. The Bertz CT molecular complexity index is 794. The van der Waals surface area contributed by atoms with Crippen LogP contribution in [0.2, 0.25) is 0 Å². The maximum absolute atomic E-state index is 11.4. The zero-order valence-electron chi connectivity index (χ0n) is 12.8. The number of hydrogen-bond donors (Lipinski definition) is 2. The van der Waals surface area contributed by atoms with Crippen molar-refractivity contribution in [3.05, 3.63) is 17.5 Å². The number of aryl methyl sites for hydroxylation is 2. The highest BCUT2D eigenvalue weighted by Crippen LogP contribution is 2.38. The van der Waals surface area contributed by atoms with E-state index in [1.807, 2.05) is 17.6 Å². The second-order valence-corrected chi connectivity index (χ2v) is 5.54. The Kier molecular flexibility index (Phi) is 3.27. The summed E-state index contributed by atoms with van der Waals surface area (Å²) in [6.07, 6.45) is 0.342. The maximum atomic E-state index is 11.4. The first-order valence-electron chi connectivity index (χ1n) is 7.12. The van der Waals surface area contributed by atoms with Crippen molar-refractivity contribution in [2.24, 2.45) is 0 Å². The molecule has 7 nitrogen and oxygen atoms in total. The lowest BCUT2D eigenvalue weighted by Crippen LogP contribution is -2.10. The molecular formula is C15H18N4O3. The number of imidazole rings is 1. The molecule has 1 aromatic heterocycles. The zero-order chi connectivity index (χ0) is 16.0. The van der Waals surface area contributed by atoms with Crippen LogP contribution in [0, 0.1) is 6.92 Å². The fourth-order valence-electron chi connectivity index (χ4n) is 2.98. The number of carbonyl (C=O) groups excluding carboxylic acids is 2. The van der Waals surface area contributed by atoms with Gasteiger partial charge in [0.15, 0.2) is 11.9 Å². The van der Waals surface area contributed by atoms with Crippen molar-refractivity contribution in [1.29, 1.82) is 0 Å². The van der Waals surface area contributed by atoms with Crippen LogP contribution in [0.25, 0.3) is 11.0 Å². The molecule has 0 bridgehead atoms. The SMILES string of the molecule is CC(=O)Nc1c(C)cc2nc3n(c2c1N)CCC3OC(C)=O. The Morgan fingerprint density at radius 3 is 2.82 bits per heavy atom. The number of nitrogens with zero attached hydrogens (tertiary/aromatic N) is 2. The van der Waals surface area contributed by atoms with E-state index in [4.69, 9.17) is 10.5 Å². The van der Waals surface area contributed by atoms with E-state index in [9.17, 15) is 9.59 Å². The lowest BCUT2D eigenvalue weighted by Gasteiger charge is -2.12. The third-order valence-electron chi connectivity index (χ3n) is 3.81. The van der Waals surface area contributed by atoms with E-state index >= 15 is 0 Å². The van der Waals surface area contributed by atoms with E-state index < -0.39 is 0 Å². The average Bonchev–Trinajstić information content (AvgIpc) is 2.93. The van der Waals surface area contributed by atoms with Crippen LogP contribution in [0.15, 0.2) is 6.07 Å². The van der Waals surface area contributed by atoms with Gasteiger partial charge in [-0.1, -0.05) is 0 Å². The number of carbonyl (C=O) groups is 2. The second kappa shape index (κ2) is 5.01. The van der Waals surface area contributed by atoms with Crippen LogP contribution in [0.3, 0.4) is 0 Å². The third kappa shape index (κ3) is 2.18. The second-order valence-electron chi connectivity index (χ2n) is 5.54. The number of hydrogen-bond acceptors (Lipinski definition) is 5. The predicted octanol–water partition coefficient (Wildman–Crippen LogP) is 1.89. The topological polar surface area (TPSA) is 99.2 Å². The van der Waals surface area contributed by atoms with Gasteiger partial charge in [-0.15, -0.1) is 0 Å². The van der Waals surface area contributed by atoms with Gasteiger partial charge < -0.3 is 20.4 Å². The summed E-state index contributed by atoms with van der Waals surface area (Å²) < 4.78 is 7.26. The number of esters is 1. The largest absolute Gasteiger partial charge is 0.454 e. The van der Waals surface area contributed by atoms with Gasteiger partial charge in [0.1, 0.15) is 0 Å². The van der Waals surface area contributed by atoms with Crippen LogP contribution in [0.4, 0.5) is 11.4 Å². The molecule has 1 amide bonds. The molecular weight excluding hydrogens is 284 g/mol. The molecule has 1 aromatic carbocycles. The van der Waals surface area contributed by atoms with E-state index in [2.05, 4.69) is 10.3 Å². The van der Waals surface area contributed by atoms with Crippen LogP contribution in [-0.2, 0) is 20.9 Å². The number of ether oxygens (including phenoxy) is 1. The van der Waals surface area contributed by atoms with Crippen molar-refractivity contribution < 1.29 is 14.3 Å². The summed E-state index contributed by atoms with van der Waals surface area (Å²) in [5.74, 6) is 0.206. The van der Waals surface area contributed by atoms with Crippen LogP contribution in [0.1, 0.15) is 37.8 Å². The number of anilines is 2. The predicted molar refractivity (Wildman–Crippen MR) is 82.3 cm³/mol. The molecule has 0 fully saturated rings. The summed E-state index contributed by atoms with van der Waals surface area (Å²) in [5, 5.41) is 2.77. The van der Waals surface area contributed by atoms with Gasteiger partial charge in [-0.05, 0) is 18.6 Å². The van der Waals surface area contributed by atoms with Gasteiger partial charge in [-0.25, -0.2) is 4.98 Å². The van der Waals surface area contributed by atoms with Crippen molar-refractivity contribution in [1.82, 2.24) is 9.55 Å². The molecule has 0 saturated heterocycles. The minimum Gasteiger partial charge on any atom is -0.454 e. The number of nitrogen functional groups attached to an aromatic ring is 1. The summed E-state index contributed by atoms with van der Waals surface area (Å²) in [7, 11) is 0. The fourth-order valence-corrected chi connectivity index (χ4v) is 2.98. The Hall–Kier alpha value is -2.57. The fraction of sp³-hybridized carbons (Fsp3) is 0.400. The highest BCUT2D eigenvalue weighted by molar-refractivity contribution is 6.02. The van der Waals surface area contributed by atoms with Crippen molar-refractivity contribution in [2.75, 3.05) is 11.1 Å². The Labute approximate surface area is 127 Å². The summed E-state index contributed by atoms with van der Waals surface area (Å²) in [4.78, 5) is 27.1. The highest BCUT2D eigenvalue weighted by atomic mass is 16.5. The molecule has 0 saturated carbocycles. The molecule has 22 heavy (non-hydrogen) atoms. The molecule has 1 aliphatic rings. The van der Waals surface area contributed by atoms with E-state index in [-0.39, 0.29) is 18.0 Å². The average molecular weight is 302 g/mol. The number of amides is 1. The molecule has 3 rings (SSSR count). The summed E-state index contributed by atoms with van der Waals surface area (Å²) in [5.41, 5.74) is 9.72. The first-order chi connectivity index (χ1) is 10.4. The number of nitrogens with two attached hydrogens (primary N) is 1. The van der Waals surface area contributed by atoms with Gasteiger partial charge in [-0.3, -0.25) is 9.59 Å². The zero-order valence-corrected chi connectivity index (χ0v) is 12.8.